The summed E-state index contributed by atoms with van der Waals surface area (Å²) in [5.41, 5.74) is 9.07. The highest BCUT2D eigenvalue weighted by molar-refractivity contribution is 6.54. The summed E-state index contributed by atoms with van der Waals surface area (Å²) in [7, 11) is -8.81. The van der Waals surface area contributed by atoms with Gasteiger partial charge in [0.25, 0.3) is 0 Å². The summed E-state index contributed by atoms with van der Waals surface area (Å²) in [5.74, 6) is 0.346. The number of nitrogens with zero attached hydrogens (tertiary/aromatic N) is 1. The Morgan fingerprint density at radius 3 is 1.06 bits per heavy atom. The predicted octanol–water partition coefficient (Wildman–Crippen LogP) is 7.25. The van der Waals surface area contributed by atoms with Gasteiger partial charge in [-0.25, -0.2) is 9.98 Å². The van der Waals surface area contributed by atoms with Gasteiger partial charge in [0.05, 0.1) is 37.6 Å². The van der Waals surface area contributed by atoms with Crippen molar-refractivity contribution in [2.45, 2.75) is 148 Å². The summed E-state index contributed by atoms with van der Waals surface area (Å²) in [6, 6.07) is 3.76. The fraction of sp³-hybridized carbons (Fsp3) is 0.542. The highest BCUT2D eigenvalue weighted by Crippen LogP contribution is 2.36. The number of aromatic nitrogens is 2. The maximum atomic E-state index is 13.9. The zero-order valence-corrected chi connectivity index (χ0v) is 41.8. The fourth-order valence-electron chi connectivity index (χ4n) is 8.54. The van der Waals surface area contributed by atoms with Crippen LogP contribution >= 0.6 is 0 Å². The molecule has 0 saturated carbocycles. The van der Waals surface area contributed by atoms with Gasteiger partial charge in [0.2, 0.25) is 11.4 Å². The molecule has 2 aromatic heterocycles. The van der Waals surface area contributed by atoms with E-state index in [1.807, 2.05) is 79.7 Å². The maximum absolute atomic E-state index is 13.9. The molecule has 16 heteroatoms. The van der Waals surface area contributed by atoms with Gasteiger partial charge in [-0.2, -0.15) is 0 Å². The molecule has 0 amide bonds. The number of halogens is 5. The Kier molecular flexibility index (Phi) is 22.1. The Morgan fingerprint density at radius 1 is 0.500 bits per heavy atom. The lowest BCUT2D eigenvalue weighted by molar-refractivity contribution is -0.928. The van der Waals surface area contributed by atoms with Crippen LogP contribution in [0.15, 0.2) is 70.5 Å². The highest BCUT2D eigenvalue weighted by Gasteiger charge is 2.42. The lowest BCUT2D eigenvalue weighted by Gasteiger charge is -2.38. The van der Waals surface area contributed by atoms with Crippen LogP contribution in [0, 0.1) is 27.7 Å². The molecule has 0 aliphatic carbocycles. The van der Waals surface area contributed by atoms with Crippen LogP contribution in [0.25, 0.3) is 11.5 Å². The summed E-state index contributed by atoms with van der Waals surface area (Å²) in [6.07, 6.45) is 17.6. The number of hydrogen-bond acceptors (Lipinski definition) is 4. The van der Waals surface area contributed by atoms with Crippen molar-refractivity contribution in [1.82, 2.24) is 9.97 Å². The van der Waals surface area contributed by atoms with Crippen LogP contribution in [0.2, 0.25) is 0 Å². The van der Waals surface area contributed by atoms with Crippen molar-refractivity contribution in [3.63, 3.8) is 0 Å². The molecule has 0 aromatic carbocycles. The number of H-pyrrole nitrogens is 2. The first-order valence-corrected chi connectivity index (χ1v) is 23.1. The second-order valence-electron chi connectivity index (χ2n) is 17.3. The molecule has 64 heavy (non-hydrogen) atoms. The van der Waals surface area contributed by atoms with Gasteiger partial charge in [0, 0.05) is 60.7 Å². The van der Waals surface area contributed by atoms with Crippen LogP contribution < -0.4 is 22.4 Å². The lowest BCUT2D eigenvalue weighted by Crippen LogP contribution is -3.00. The topological polar surface area (TPSA) is 96.4 Å². The average Bonchev–Trinajstić information content (AvgIpc) is 3.93. The molecule has 4 aliphatic heterocycles. The Balaban J connectivity index is 0.000000317. The summed E-state index contributed by atoms with van der Waals surface area (Å²) in [5, 5.41) is 0. The normalized spacial score (nSPS) is 19.4. The molecule has 6 heterocycles. The van der Waals surface area contributed by atoms with E-state index in [4.69, 9.17) is 18.6 Å². The summed E-state index contributed by atoms with van der Waals surface area (Å²) >= 11 is 0. The summed E-state index contributed by atoms with van der Waals surface area (Å²) in [6.45, 7) is 34.1. The molecular weight excluding hydrogens is 844 g/mol. The van der Waals surface area contributed by atoms with Crippen molar-refractivity contribution in [2.24, 2.45) is 0 Å². The van der Waals surface area contributed by atoms with Gasteiger partial charge in [0.15, 0.2) is 22.9 Å². The molecule has 0 spiro atoms. The van der Waals surface area contributed by atoms with E-state index >= 15 is 0 Å². The lowest BCUT2D eigenvalue weighted by atomic mass is 10.1. The summed E-state index contributed by atoms with van der Waals surface area (Å²) < 4.78 is 75.9. The second-order valence-corrected chi connectivity index (χ2v) is 17.3. The number of nitrogens with one attached hydrogen (secondary N) is 4. The minimum Gasteiger partial charge on any atom is -1.00 e. The van der Waals surface area contributed by atoms with Gasteiger partial charge < -0.3 is 62.7 Å². The third kappa shape index (κ3) is 16.3. The monoisotopic (exact) mass is 920 g/mol. The molecule has 0 unspecified atom stereocenters. The Hall–Kier alpha value is -4.36. The molecular formula is C48H76B2ClF4N5O4. The number of unbranched alkanes of at least 4 members (excludes halogenated alkanes) is 3. The van der Waals surface area contributed by atoms with E-state index in [-0.39, 0.29) is 35.4 Å². The molecule has 0 fully saturated rings. The van der Waals surface area contributed by atoms with Crippen LogP contribution in [0.5, 0.6) is 0 Å². The van der Waals surface area contributed by atoms with Crippen LogP contribution in [0.4, 0.5) is 17.3 Å². The predicted molar refractivity (Wildman–Crippen MR) is 252 cm³/mol. The Bertz CT molecular complexity index is 1970. The van der Waals surface area contributed by atoms with Crippen molar-refractivity contribution in [3.05, 3.63) is 104 Å². The van der Waals surface area contributed by atoms with Gasteiger partial charge >= 0.3 is 14.2 Å². The van der Waals surface area contributed by atoms with Gasteiger partial charge in [-0.1, -0.05) is 67.2 Å². The third-order valence-electron chi connectivity index (χ3n) is 10.9. The molecule has 9 nitrogen and oxygen atoms in total. The molecule has 4 aliphatic rings. The Labute approximate surface area is 387 Å². The highest BCUT2D eigenvalue weighted by atomic mass is 35.5. The van der Waals surface area contributed by atoms with E-state index in [0.29, 0.717) is 22.8 Å². The first kappa shape index (κ1) is 55.8. The molecule has 0 bridgehead atoms. The van der Waals surface area contributed by atoms with E-state index in [2.05, 4.69) is 61.5 Å². The van der Waals surface area contributed by atoms with E-state index in [1.165, 1.54) is 94.2 Å². The van der Waals surface area contributed by atoms with Gasteiger partial charge in [-0.15, -0.1) is 0 Å². The van der Waals surface area contributed by atoms with Crippen LogP contribution in [0.3, 0.4) is 0 Å². The van der Waals surface area contributed by atoms with Crippen LogP contribution in [-0.2, 0) is 18.6 Å². The number of aromatic amines is 2. The van der Waals surface area contributed by atoms with E-state index in [1.54, 1.807) is 0 Å². The smallest absolute Gasteiger partial charge is 0.726 e. The largest absolute Gasteiger partial charge is 1.00 e. The minimum absolute atomic E-state index is 0. The first-order valence-electron chi connectivity index (χ1n) is 23.1. The number of hydrogen-bond donors (Lipinski definition) is 4. The Morgan fingerprint density at radius 2 is 0.828 bits per heavy atom. The molecule has 0 radical (unpaired) electrons. The first-order chi connectivity index (χ1) is 29.7. The molecule has 358 valence electrons. The quantitative estimate of drug-likeness (QED) is 0.0738. The van der Waals surface area contributed by atoms with Crippen molar-refractivity contribution >= 4 is 37.2 Å². The number of allylic oxidation sites excluding steroid dienone is 6. The second kappa shape index (κ2) is 25.4. The van der Waals surface area contributed by atoms with Gasteiger partial charge in [-0.3, -0.25) is 0 Å². The van der Waals surface area contributed by atoms with Crippen LogP contribution in [-0.4, -0.2) is 66.3 Å². The standard InChI is InChI=1S/2C15H16BF2N2O2.C12H28N.C6H14.ClH/c2*1-8-5-10(3)19-14(8)12-7-13(22-16(17,18)21-12)15-9(2)6-11(4)20-15;1-5-9-13(10-6-2,11-7-3)12-8-4;1-3-5-6-4-2;/h2*5-7,19H,1-4H3;5-12H2,1-4H3;3-6H2,1-2H3;1H/q2*-1;+1;;/p+1/b2*15-13+;;;. The maximum Gasteiger partial charge on any atom is 0.726 e. The van der Waals surface area contributed by atoms with E-state index in [0.717, 1.165) is 45.1 Å². The molecule has 0 atom stereocenters. The number of quaternary nitrogens is 1. The molecule has 4 N–H and O–H groups in total. The average molecular weight is 920 g/mol. The fourth-order valence-corrected chi connectivity index (χ4v) is 8.54. The van der Waals surface area contributed by atoms with Crippen molar-refractivity contribution < 1.29 is 62.8 Å². The number of aryl methyl sites for hydroxylation is 4. The third-order valence-corrected chi connectivity index (χ3v) is 10.9. The van der Waals surface area contributed by atoms with E-state index < -0.39 is 14.2 Å². The van der Waals surface area contributed by atoms with Gasteiger partial charge in [0.1, 0.15) is 11.5 Å². The van der Waals surface area contributed by atoms with Gasteiger partial charge in [-0.05, 0) is 90.5 Å². The zero-order valence-electron chi connectivity index (χ0n) is 41.1. The molecule has 6 rings (SSSR count). The summed E-state index contributed by atoms with van der Waals surface area (Å²) in [4.78, 5) is 12.2. The van der Waals surface area contributed by atoms with Crippen LogP contribution in [0.1, 0.15) is 155 Å². The SMILES string of the molecule is CC1=CC(C)=[NH+]/C1=C1\C=C(c2[nH]c(C)cc2C)O[B-](F)(F)O1.CC1=CC(C)=[NH+]/C1=C1\C=C(c2[nH]c(C)cc2C)O[B-](F)(F)O1.CCCCCC.CCC[N+](CCC)(CCC)CCC.[Cl-]. The molecule has 2 aromatic rings. The van der Waals surface area contributed by atoms with Crippen molar-refractivity contribution in [1.29, 1.82) is 0 Å². The minimum atomic E-state index is -4.41. The van der Waals surface area contributed by atoms with E-state index in [9.17, 15) is 17.3 Å². The molecule has 0 saturated heterocycles. The zero-order chi connectivity index (χ0) is 47.1. The number of rotatable bonds is 13. The van der Waals surface area contributed by atoms with Crippen molar-refractivity contribution in [2.75, 3.05) is 26.2 Å². The van der Waals surface area contributed by atoms with Crippen molar-refractivity contribution in [3.8, 4) is 0 Å².